The van der Waals surface area contributed by atoms with Crippen molar-refractivity contribution in [3.05, 3.63) is 108 Å². The average molecular weight is 429 g/mol. The maximum Gasteiger partial charge on any atom is 0.196 e. The zero-order valence-electron chi connectivity index (χ0n) is 16.4. The lowest BCUT2D eigenvalue weighted by atomic mass is 10.1. The van der Waals surface area contributed by atoms with Gasteiger partial charge in [-0.05, 0) is 41.3 Å². The molecule has 0 atom stereocenters. The number of benzene rings is 4. The van der Waals surface area contributed by atoms with Gasteiger partial charge in [-0.2, -0.15) is 0 Å². The quantitative estimate of drug-likeness (QED) is 0.293. The van der Waals surface area contributed by atoms with Gasteiger partial charge in [0.05, 0.1) is 0 Å². The minimum absolute atomic E-state index is 0.231. The third kappa shape index (κ3) is 3.82. The first kappa shape index (κ1) is 19.5. The Hall–Kier alpha value is -3.51. The molecular weight excluding hydrogens is 412 g/mol. The summed E-state index contributed by atoms with van der Waals surface area (Å²) in [6, 6.07) is 26.8. The molecule has 0 saturated heterocycles. The lowest BCUT2D eigenvalue weighted by molar-refractivity contribution is 0.628. The van der Waals surface area contributed by atoms with Gasteiger partial charge in [0.15, 0.2) is 11.0 Å². The fraction of sp³-hybridized carbons (Fsp3) is 0.0400. The van der Waals surface area contributed by atoms with Crippen molar-refractivity contribution < 1.29 is 8.78 Å². The van der Waals surface area contributed by atoms with E-state index in [2.05, 4.69) is 10.2 Å². The molecule has 0 amide bonds. The summed E-state index contributed by atoms with van der Waals surface area (Å²) in [5.74, 6) is 0.601. The number of aromatic nitrogens is 3. The number of rotatable bonds is 5. The molecule has 0 aliphatic rings. The number of halogens is 2. The minimum atomic E-state index is -0.327. The van der Waals surface area contributed by atoms with Gasteiger partial charge in [0.2, 0.25) is 0 Å². The monoisotopic (exact) mass is 429 g/mol. The molecule has 5 rings (SSSR count). The van der Waals surface area contributed by atoms with Gasteiger partial charge in [0, 0.05) is 22.4 Å². The van der Waals surface area contributed by atoms with Gasteiger partial charge in [-0.15, -0.1) is 10.2 Å². The molecule has 0 saturated carbocycles. The largest absolute Gasteiger partial charge is 0.270 e. The van der Waals surface area contributed by atoms with Crippen molar-refractivity contribution in [3.8, 4) is 17.1 Å². The van der Waals surface area contributed by atoms with Gasteiger partial charge in [0.1, 0.15) is 11.6 Å². The summed E-state index contributed by atoms with van der Waals surface area (Å²) in [6.07, 6.45) is 0. The first-order chi connectivity index (χ1) is 15.2. The molecule has 0 unspecified atom stereocenters. The zero-order chi connectivity index (χ0) is 21.2. The van der Waals surface area contributed by atoms with Crippen LogP contribution in [0.25, 0.3) is 27.8 Å². The Labute approximate surface area is 182 Å². The normalized spacial score (nSPS) is 11.2. The van der Waals surface area contributed by atoms with E-state index < -0.39 is 0 Å². The number of nitrogens with zero attached hydrogens (tertiary/aromatic N) is 3. The summed E-state index contributed by atoms with van der Waals surface area (Å²) < 4.78 is 29.9. The van der Waals surface area contributed by atoms with E-state index in [0.29, 0.717) is 27.7 Å². The summed E-state index contributed by atoms with van der Waals surface area (Å²) in [6.45, 7) is 0. The topological polar surface area (TPSA) is 30.7 Å². The van der Waals surface area contributed by atoms with Crippen LogP contribution in [0.1, 0.15) is 5.56 Å². The second kappa shape index (κ2) is 8.32. The first-order valence-corrected chi connectivity index (χ1v) is 10.7. The van der Waals surface area contributed by atoms with Crippen molar-refractivity contribution in [2.75, 3.05) is 0 Å². The van der Waals surface area contributed by atoms with Crippen molar-refractivity contribution >= 4 is 22.5 Å². The molecule has 0 aliphatic heterocycles. The Morgan fingerprint density at radius 1 is 0.742 bits per heavy atom. The van der Waals surface area contributed by atoms with E-state index in [9.17, 15) is 8.78 Å². The molecule has 0 fully saturated rings. The van der Waals surface area contributed by atoms with E-state index in [4.69, 9.17) is 0 Å². The molecule has 3 nitrogen and oxygen atoms in total. The molecule has 0 aliphatic carbocycles. The molecule has 31 heavy (non-hydrogen) atoms. The van der Waals surface area contributed by atoms with Crippen LogP contribution in [-0.4, -0.2) is 14.8 Å². The Balaban J connectivity index is 1.55. The fourth-order valence-corrected chi connectivity index (χ4v) is 4.54. The molecule has 1 aromatic heterocycles. The number of hydrogen-bond acceptors (Lipinski definition) is 3. The summed E-state index contributed by atoms with van der Waals surface area (Å²) in [5.41, 5.74) is 2.55. The van der Waals surface area contributed by atoms with Crippen LogP contribution in [-0.2, 0) is 5.75 Å². The smallest absolute Gasteiger partial charge is 0.196 e. The van der Waals surface area contributed by atoms with Gasteiger partial charge < -0.3 is 0 Å². The van der Waals surface area contributed by atoms with Gasteiger partial charge in [-0.3, -0.25) is 4.57 Å². The van der Waals surface area contributed by atoms with Crippen LogP contribution in [0.4, 0.5) is 8.78 Å². The highest BCUT2D eigenvalue weighted by atomic mass is 32.2. The average Bonchev–Trinajstić information content (AvgIpc) is 3.23. The molecule has 1 heterocycles. The first-order valence-electron chi connectivity index (χ1n) is 9.76. The highest BCUT2D eigenvalue weighted by Crippen LogP contribution is 2.32. The number of fused-ring (bicyclic) bond motifs is 1. The summed E-state index contributed by atoms with van der Waals surface area (Å²) in [7, 11) is 0. The Morgan fingerprint density at radius 3 is 2.32 bits per heavy atom. The van der Waals surface area contributed by atoms with Crippen LogP contribution >= 0.6 is 11.8 Å². The SMILES string of the molecule is Fc1cccc(-c2nnc(SCc3ccc(F)c4ccccc34)n2-c2ccccc2)c1. The summed E-state index contributed by atoms with van der Waals surface area (Å²) in [5, 5.41) is 10.9. The van der Waals surface area contributed by atoms with E-state index in [-0.39, 0.29) is 11.6 Å². The van der Waals surface area contributed by atoms with E-state index in [1.807, 2.05) is 59.2 Å². The fourth-order valence-electron chi connectivity index (χ4n) is 3.58. The van der Waals surface area contributed by atoms with Crippen LogP contribution in [0.3, 0.4) is 0 Å². The van der Waals surface area contributed by atoms with E-state index >= 15 is 0 Å². The third-order valence-corrected chi connectivity index (χ3v) is 6.03. The molecule has 0 N–H and O–H groups in total. The minimum Gasteiger partial charge on any atom is -0.270 e. The van der Waals surface area contributed by atoms with Crippen molar-refractivity contribution in [2.45, 2.75) is 10.9 Å². The number of para-hydroxylation sites is 1. The Kier molecular flexibility index (Phi) is 5.22. The second-order valence-corrected chi connectivity index (χ2v) is 7.97. The van der Waals surface area contributed by atoms with Crippen LogP contribution < -0.4 is 0 Å². The lowest BCUT2D eigenvalue weighted by Crippen LogP contribution is -2.00. The van der Waals surface area contributed by atoms with Crippen LogP contribution in [0.15, 0.2) is 96.2 Å². The second-order valence-electron chi connectivity index (χ2n) is 7.03. The summed E-state index contributed by atoms with van der Waals surface area (Å²) in [4.78, 5) is 0. The maximum absolute atomic E-state index is 14.2. The van der Waals surface area contributed by atoms with E-state index in [1.54, 1.807) is 18.2 Å². The standard InChI is InChI=1S/C25H17F2N3S/c26-19-8-6-7-17(15-19)24-28-29-25(30(24)20-9-2-1-3-10-20)31-16-18-13-14-23(27)22-12-5-4-11-21(18)22/h1-15H,16H2. The molecule has 0 bridgehead atoms. The Morgan fingerprint density at radius 2 is 1.52 bits per heavy atom. The van der Waals surface area contributed by atoms with Crippen LogP contribution in [0.5, 0.6) is 0 Å². The molecule has 0 radical (unpaired) electrons. The van der Waals surface area contributed by atoms with Crippen molar-refractivity contribution in [2.24, 2.45) is 0 Å². The summed E-state index contributed by atoms with van der Waals surface area (Å²) >= 11 is 1.51. The zero-order valence-corrected chi connectivity index (χ0v) is 17.2. The lowest BCUT2D eigenvalue weighted by Gasteiger charge is -2.11. The number of thioether (sulfide) groups is 1. The van der Waals surface area contributed by atoms with Gasteiger partial charge >= 0.3 is 0 Å². The highest BCUT2D eigenvalue weighted by molar-refractivity contribution is 7.98. The highest BCUT2D eigenvalue weighted by Gasteiger charge is 2.17. The van der Waals surface area contributed by atoms with Gasteiger partial charge in [0.25, 0.3) is 0 Å². The molecule has 4 aromatic carbocycles. The van der Waals surface area contributed by atoms with Gasteiger partial charge in [-0.1, -0.05) is 72.4 Å². The van der Waals surface area contributed by atoms with Crippen molar-refractivity contribution in [1.29, 1.82) is 0 Å². The van der Waals surface area contributed by atoms with E-state index in [0.717, 1.165) is 16.6 Å². The van der Waals surface area contributed by atoms with Crippen LogP contribution in [0, 0.1) is 11.6 Å². The van der Waals surface area contributed by atoms with E-state index in [1.165, 1.54) is 30.0 Å². The molecule has 6 heteroatoms. The predicted molar refractivity (Wildman–Crippen MR) is 120 cm³/mol. The van der Waals surface area contributed by atoms with Crippen LogP contribution in [0.2, 0.25) is 0 Å². The molecule has 0 spiro atoms. The van der Waals surface area contributed by atoms with Gasteiger partial charge in [-0.25, -0.2) is 8.78 Å². The molecular formula is C25H17F2N3S. The molecule has 152 valence electrons. The van der Waals surface area contributed by atoms with Crippen molar-refractivity contribution in [3.63, 3.8) is 0 Å². The maximum atomic E-state index is 14.2. The third-order valence-electron chi connectivity index (χ3n) is 5.05. The Bertz CT molecular complexity index is 1370. The number of hydrogen-bond donors (Lipinski definition) is 0. The predicted octanol–water partition coefficient (Wildman–Crippen LogP) is 6.66. The molecule has 5 aromatic rings. The van der Waals surface area contributed by atoms with Crippen molar-refractivity contribution in [1.82, 2.24) is 14.8 Å².